The summed E-state index contributed by atoms with van der Waals surface area (Å²) in [6.45, 7) is 3.91. The minimum absolute atomic E-state index is 1.09. The first kappa shape index (κ1) is 4.80. The van der Waals surface area contributed by atoms with Gasteiger partial charge in [0.25, 0.3) is 0 Å². The highest BCUT2D eigenvalue weighted by molar-refractivity contribution is 4.89. The zero-order valence-electron chi connectivity index (χ0n) is 5.14. The molecular formula is C7H12N. The summed E-state index contributed by atoms with van der Waals surface area (Å²) >= 11 is 0. The van der Waals surface area contributed by atoms with Crippen molar-refractivity contribution in [1.82, 2.24) is 4.90 Å². The van der Waals surface area contributed by atoms with Crippen molar-refractivity contribution >= 4 is 0 Å². The van der Waals surface area contributed by atoms with E-state index in [1.807, 2.05) is 0 Å². The fourth-order valence-corrected chi connectivity index (χ4v) is 1.13. The van der Waals surface area contributed by atoms with E-state index in [0.29, 0.717) is 0 Å². The van der Waals surface area contributed by atoms with Crippen LogP contribution in [0.15, 0.2) is 0 Å². The van der Waals surface area contributed by atoms with Gasteiger partial charge in [-0.3, -0.25) is 0 Å². The SMILES string of the molecule is [CH]1CN(CC2CC2)C1. The molecular weight excluding hydrogens is 98.1 g/mol. The normalized spacial score (nSPS) is 30.0. The average Bonchev–Trinajstić information content (AvgIpc) is 2.36. The molecule has 1 aliphatic carbocycles. The first-order valence-corrected chi connectivity index (χ1v) is 3.49. The van der Waals surface area contributed by atoms with Crippen molar-refractivity contribution in [2.45, 2.75) is 12.8 Å². The Kier molecular flexibility index (Phi) is 1.04. The van der Waals surface area contributed by atoms with E-state index in [9.17, 15) is 0 Å². The van der Waals surface area contributed by atoms with Gasteiger partial charge in [0.15, 0.2) is 0 Å². The molecule has 1 saturated heterocycles. The van der Waals surface area contributed by atoms with Gasteiger partial charge >= 0.3 is 0 Å². The fourth-order valence-electron chi connectivity index (χ4n) is 1.13. The molecule has 0 atom stereocenters. The summed E-state index contributed by atoms with van der Waals surface area (Å²) in [5.41, 5.74) is 0. The minimum Gasteiger partial charge on any atom is -0.302 e. The van der Waals surface area contributed by atoms with E-state index in [0.717, 1.165) is 5.92 Å². The van der Waals surface area contributed by atoms with Crippen LogP contribution in [0.1, 0.15) is 12.8 Å². The molecule has 1 aliphatic heterocycles. The van der Waals surface area contributed by atoms with Crippen LogP contribution in [0.5, 0.6) is 0 Å². The second-order valence-electron chi connectivity index (χ2n) is 2.95. The zero-order chi connectivity index (χ0) is 5.40. The van der Waals surface area contributed by atoms with Crippen LogP contribution >= 0.6 is 0 Å². The van der Waals surface area contributed by atoms with Gasteiger partial charge in [-0.15, -0.1) is 0 Å². The van der Waals surface area contributed by atoms with E-state index in [-0.39, 0.29) is 0 Å². The number of hydrogen-bond acceptors (Lipinski definition) is 1. The van der Waals surface area contributed by atoms with Gasteiger partial charge in [0.2, 0.25) is 0 Å². The summed E-state index contributed by atoms with van der Waals surface area (Å²) in [6.07, 6.45) is 5.33. The van der Waals surface area contributed by atoms with Gasteiger partial charge < -0.3 is 4.90 Å². The van der Waals surface area contributed by atoms with Gasteiger partial charge in [-0.05, 0) is 25.2 Å². The maximum atomic E-state index is 2.51. The molecule has 2 fully saturated rings. The third-order valence-corrected chi connectivity index (χ3v) is 1.99. The predicted molar refractivity (Wildman–Crippen MR) is 33.5 cm³/mol. The number of hydrogen-bond donors (Lipinski definition) is 0. The highest BCUT2D eigenvalue weighted by atomic mass is 15.2. The Balaban J connectivity index is 1.66. The Labute approximate surface area is 50.7 Å². The first-order valence-electron chi connectivity index (χ1n) is 3.49. The van der Waals surface area contributed by atoms with Gasteiger partial charge in [-0.25, -0.2) is 0 Å². The smallest absolute Gasteiger partial charge is 0.00258 e. The van der Waals surface area contributed by atoms with Crippen LogP contribution in [-0.4, -0.2) is 24.5 Å². The lowest BCUT2D eigenvalue weighted by atomic mass is 10.2. The second kappa shape index (κ2) is 1.73. The van der Waals surface area contributed by atoms with E-state index >= 15 is 0 Å². The van der Waals surface area contributed by atoms with Crippen molar-refractivity contribution in [2.24, 2.45) is 5.92 Å². The number of likely N-dealkylation sites (tertiary alicyclic amines) is 1. The summed E-state index contributed by atoms with van der Waals surface area (Å²) in [5.74, 6) is 1.09. The molecule has 1 radical (unpaired) electrons. The van der Waals surface area contributed by atoms with Gasteiger partial charge in [-0.2, -0.15) is 0 Å². The van der Waals surface area contributed by atoms with E-state index in [1.54, 1.807) is 0 Å². The molecule has 2 rings (SSSR count). The molecule has 0 unspecified atom stereocenters. The van der Waals surface area contributed by atoms with E-state index in [1.165, 1.54) is 32.5 Å². The fraction of sp³-hybridized carbons (Fsp3) is 0.857. The van der Waals surface area contributed by atoms with Gasteiger partial charge in [0, 0.05) is 19.6 Å². The standard InChI is InChI=1S/C7H12N/c1-4-8(5-1)6-7-2-3-7/h1,7H,2-6H2. The Morgan fingerprint density at radius 1 is 1.38 bits per heavy atom. The van der Waals surface area contributed by atoms with Crippen molar-refractivity contribution in [2.75, 3.05) is 19.6 Å². The van der Waals surface area contributed by atoms with E-state index in [4.69, 9.17) is 0 Å². The summed E-state index contributed by atoms with van der Waals surface area (Å²) in [6, 6.07) is 0. The molecule has 0 N–H and O–H groups in total. The third kappa shape index (κ3) is 0.873. The van der Waals surface area contributed by atoms with Crippen LogP contribution in [0, 0.1) is 12.3 Å². The van der Waals surface area contributed by atoms with Crippen LogP contribution < -0.4 is 0 Å². The Hall–Kier alpha value is -0.0400. The maximum Gasteiger partial charge on any atom is 0.00258 e. The van der Waals surface area contributed by atoms with Crippen LogP contribution in [-0.2, 0) is 0 Å². The topological polar surface area (TPSA) is 3.24 Å². The number of nitrogens with zero attached hydrogens (tertiary/aromatic N) is 1. The molecule has 1 saturated carbocycles. The van der Waals surface area contributed by atoms with E-state index < -0.39 is 0 Å². The van der Waals surface area contributed by atoms with Crippen molar-refractivity contribution in [3.8, 4) is 0 Å². The van der Waals surface area contributed by atoms with Crippen LogP contribution in [0.3, 0.4) is 0 Å². The predicted octanol–water partition coefficient (Wildman–Crippen LogP) is 0.916. The number of rotatable bonds is 2. The van der Waals surface area contributed by atoms with Gasteiger partial charge in [-0.1, -0.05) is 0 Å². The monoisotopic (exact) mass is 110 g/mol. The summed E-state index contributed by atoms with van der Waals surface area (Å²) in [4.78, 5) is 2.51. The van der Waals surface area contributed by atoms with Gasteiger partial charge in [0.05, 0.1) is 0 Å². The molecule has 2 aliphatic rings. The van der Waals surface area contributed by atoms with Crippen molar-refractivity contribution in [1.29, 1.82) is 0 Å². The summed E-state index contributed by atoms with van der Waals surface area (Å²) < 4.78 is 0. The molecule has 8 heavy (non-hydrogen) atoms. The molecule has 0 aromatic heterocycles. The van der Waals surface area contributed by atoms with Gasteiger partial charge in [0.1, 0.15) is 0 Å². The minimum atomic E-state index is 1.09. The molecule has 0 aromatic rings. The van der Waals surface area contributed by atoms with Crippen molar-refractivity contribution in [3.05, 3.63) is 6.42 Å². The largest absolute Gasteiger partial charge is 0.302 e. The van der Waals surface area contributed by atoms with Crippen molar-refractivity contribution < 1.29 is 0 Å². The summed E-state index contributed by atoms with van der Waals surface area (Å²) in [5, 5.41) is 0. The van der Waals surface area contributed by atoms with E-state index in [2.05, 4.69) is 11.3 Å². The third-order valence-electron chi connectivity index (χ3n) is 1.99. The molecule has 1 heteroatoms. The molecule has 1 nitrogen and oxygen atoms in total. The molecule has 1 heterocycles. The first-order chi connectivity index (χ1) is 3.95. The lowest BCUT2D eigenvalue weighted by Crippen LogP contribution is -2.39. The highest BCUT2D eigenvalue weighted by Gasteiger charge is 2.26. The molecule has 0 spiro atoms. The zero-order valence-corrected chi connectivity index (χ0v) is 5.14. The van der Waals surface area contributed by atoms with Crippen LogP contribution in [0.25, 0.3) is 0 Å². The molecule has 0 amide bonds. The average molecular weight is 110 g/mol. The maximum absolute atomic E-state index is 2.51. The molecule has 0 aromatic carbocycles. The lowest BCUT2D eigenvalue weighted by molar-refractivity contribution is 0.234. The molecule has 0 bridgehead atoms. The van der Waals surface area contributed by atoms with Crippen LogP contribution in [0.2, 0.25) is 0 Å². The Morgan fingerprint density at radius 2 is 2.12 bits per heavy atom. The van der Waals surface area contributed by atoms with Crippen molar-refractivity contribution in [3.63, 3.8) is 0 Å². The second-order valence-corrected chi connectivity index (χ2v) is 2.95. The van der Waals surface area contributed by atoms with Crippen LogP contribution in [0.4, 0.5) is 0 Å². The quantitative estimate of drug-likeness (QED) is 0.511. The highest BCUT2D eigenvalue weighted by Crippen LogP contribution is 2.30. The Bertz CT molecular complexity index is 82.4. The molecule has 45 valence electrons. The Morgan fingerprint density at radius 3 is 2.50 bits per heavy atom. The summed E-state index contributed by atoms with van der Waals surface area (Å²) in [7, 11) is 0. The lowest BCUT2D eigenvalue weighted by Gasteiger charge is -2.30.